The van der Waals surface area contributed by atoms with E-state index < -0.39 is 12.2 Å². The summed E-state index contributed by atoms with van der Waals surface area (Å²) in [5.74, 6) is 0. The van der Waals surface area contributed by atoms with E-state index in [1.165, 1.54) is 83.5 Å². The van der Waals surface area contributed by atoms with Crippen LogP contribution in [-0.4, -0.2) is 34.1 Å². The van der Waals surface area contributed by atoms with Gasteiger partial charge in [-0.15, -0.1) is 0 Å². The van der Waals surface area contributed by atoms with E-state index in [0.717, 1.165) is 12.8 Å². The smallest absolute Gasteiger partial charge is 0.103 e. The molecule has 0 radical (unpaired) electrons. The molecule has 0 rings (SSSR count). The summed E-state index contributed by atoms with van der Waals surface area (Å²) in [5.41, 5.74) is 0. The molecule has 3 N–H and O–H groups in total. The highest BCUT2D eigenvalue weighted by Crippen LogP contribution is 2.14. The maximum Gasteiger partial charge on any atom is 0.103 e. The molecule has 0 saturated heterocycles. The monoisotopic (exact) mass is 330 g/mol. The van der Waals surface area contributed by atoms with Crippen LogP contribution in [0.25, 0.3) is 0 Å². The summed E-state index contributed by atoms with van der Waals surface area (Å²) in [7, 11) is 0. The van der Waals surface area contributed by atoms with Crippen LogP contribution in [-0.2, 0) is 0 Å². The van der Waals surface area contributed by atoms with Crippen LogP contribution in [0.4, 0.5) is 0 Å². The molecule has 0 fully saturated rings. The number of hydrogen-bond acceptors (Lipinski definition) is 3. The lowest BCUT2D eigenvalue weighted by Gasteiger charge is -2.14. The van der Waals surface area contributed by atoms with Crippen molar-refractivity contribution in [1.82, 2.24) is 0 Å². The normalized spacial score (nSPS) is 14.1. The second-order valence-electron chi connectivity index (χ2n) is 7.06. The van der Waals surface area contributed by atoms with Crippen molar-refractivity contribution in [2.75, 3.05) is 6.61 Å². The molecule has 0 aliphatic heterocycles. The quantitative estimate of drug-likeness (QED) is 0.311. The average molecular weight is 331 g/mol. The summed E-state index contributed by atoms with van der Waals surface area (Å²) >= 11 is 0. The van der Waals surface area contributed by atoms with Gasteiger partial charge in [-0.1, -0.05) is 103 Å². The van der Waals surface area contributed by atoms with Gasteiger partial charge in [-0.3, -0.25) is 0 Å². The van der Waals surface area contributed by atoms with E-state index in [2.05, 4.69) is 6.92 Å². The lowest BCUT2D eigenvalue weighted by Crippen LogP contribution is -2.28. The van der Waals surface area contributed by atoms with Gasteiger partial charge < -0.3 is 15.3 Å². The van der Waals surface area contributed by atoms with Gasteiger partial charge >= 0.3 is 0 Å². The van der Waals surface area contributed by atoms with Crippen LogP contribution in [0.15, 0.2) is 0 Å². The zero-order valence-corrected chi connectivity index (χ0v) is 15.5. The van der Waals surface area contributed by atoms with Crippen molar-refractivity contribution in [3.8, 4) is 0 Å². The third kappa shape index (κ3) is 16.5. The third-order valence-electron chi connectivity index (χ3n) is 4.73. The van der Waals surface area contributed by atoms with Crippen molar-refractivity contribution >= 4 is 0 Å². The average Bonchev–Trinajstić information content (AvgIpc) is 2.57. The first-order chi connectivity index (χ1) is 11.2. The van der Waals surface area contributed by atoms with Gasteiger partial charge in [-0.05, 0) is 6.42 Å². The van der Waals surface area contributed by atoms with E-state index in [9.17, 15) is 10.2 Å². The van der Waals surface area contributed by atoms with Gasteiger partial charge in [0, 0.05) is 0 Å². The number of unbranched alkanes of at least 4 members (excludes halogenated alkanes) is 14. The molecule has 3 heteroatoms. The molecule has 0 aliphatic carbocycles. The molecule has 0 saturated carbocycles. The first-order valence-corrected chi connectivity index (χ1v) is 10.2. The van der Waals surface area contributed by atoms with E-state index in [1.807, 2.05) is 0 Å². The Kier molecular flexibility index (Phi) is 18.1. The molecule has 0 spiro atoms. The molecule has 0 aromatic carbocycles. The molecule has 0 aromatic heterocycles. The zero-order valence-electron chi connectivity index (χ0n) is 15.5. The minimum Gasteiger partial charge on any atom is -0.394 e. The van der Waals surface area contributed by atoms with Gasteiger partial charge in [0.05, 0.1) is 12.7 Å². The Balaban J connectivity index is 3.08. The van der Waals surface area contributed by atoms with Crippen LogP contribution in [0.5, 0.6) is 0 Å². The van der Waals surface area contributed by atoms with Crippen molar-refractivity contribution in [2.24, 2.45) is 0 Å². The lowest BCUT2D eigenvalue weighted by molar-refractivity contribution is -0.0185. The van der Waals surface area contributed by atoms with Crippen molar-refractivity contribution in [2.45, 2.75) is 122 Å². The SMILES string of the molecule is CCCCCCCCCCCCCCCCCC(O)C(O)CO. The maximum absolute atomic E-state index is 9.51. The van der Waals surface area contributed by atoms with E-state index in [4.69, 9.17) is 5.11 Å². The molecule has 2 unspecified atom stereocenters. The van der Waals surface area contributed by atoms with E-state index >= 15 is 0 Å². The summed E-state index contributed by atoms with van der Waals surface area (Å²) < 4.78 is 0. The molecular weight excluding hydrogens is 288 g/mol. The van der Waals surface area contributed by atoms with Crippen LogP contribution in [0.2, 0.25) is 0 Å². The Hall–Kier alpha value is -0.120. The Morgan fingerprint density at radius 3 is 1.22 bits per heavy atom. The highest BCUT2D eigenvalue weighted by molar-refractivity contribution is 4.65. The second-order valence-corrected chi connectivity index (χ2v) is 7.06. The third-order valence-corrected chi connectivity index (χ3v) is 4.73. The fourth-order valence-corrected chi connectivity index (χ4v) is 3.04. The fourth-order valence-electron chi connectivity index (χ4n) is 3.04. The molecule has 23 heavy (non-hydrogen) atoms. The van der Waals surface area contributed by atoms with E-state index in [0.29, 0.717) is 6.42 Å². The Bertz CT molecular complexity index is 221. The lowest BCUT2D eigenvalue weighted by atomic mass is 10.0. The van der Waals surface area contributed by atoms with Crippen molar-refractivity contribution in [3.05, 3.63) is 0 Å². The summed E-state index contributed by atoms with van der Waals surface area (Å²) in [6, 6.07) is 0. The van der Waals surface area contributed by atoms with E-state index in [-0.39, 0.29) is 6.61 Å². The minimum absolute atomic E-state index is 0.347. The van der Waals surface area contributed by atoms with E-state index in [1.54, 1.807) is 0 Å². The molecule has 0 heterocycles. The summed E-state index contributed by atoms with van der Waals surface area (Å²) in [5, 5.41) is 27.5. The molecular formula is C20H42O3. The van der Waals surface area contributed by atoms with Crippen LogP contribution in [0, 0.1) is 0 Å². The predicted molar refractivity (Wildman–Crippen MR) is 98.6 cm³/mol. The number of hydrogen-bond donors (Lipinski definition) is 3. The molecule has 0 aliphatic rings. The zero-order chi connectivity index (χ0) is 17.2. The molecule has 3 nitrogen and oxygen atoms in total. The number of rotatable bonds is 18. The molecule has 0 bridgehead atoms. The number of aliphatic hydroxyl groups is 3. The topological polar surface area (TPSA) is 60.7 Å². The Morgan fingerprint density at radius 1 is 0.522 bits per heavy atom. The van der Waals surface area contributed by atoms with Crippen LogP contribution >= 0.6 is 0 Å². The first kappa shape index (κ1) is 22.9. The van der Waals surface area contributed by atoms with Gasteiger partial charge in [0.1, 0.15) is 6.10 Å². The standard InChI is InChI=1S/C20H42O3/c1-2-3-4-5-6-7-8-9-10-11-12-13-14-15-16-17-19(22)20(23)18-21/h19-23H,2-18H2,1H3. The summed E-state index contributed by atoms with van der Waals surface area (Å²) in [4.78, 5) is 0. The number of aliphatic hydroxyl groups excluding tert-OH is 3. The first-order valence-electron chi connectivity index (χ1n) is 10.2. The largest absolute Gasteiger partial charge is 0.394 e. The van der Waals surface area contributed by atoms with Crippen molar-refractivity contribution < 1.29 is 15.3 Å². The highest BCUT2D eigenvalue weighted by Gasteiger charge is 2.13. The van der Waals surface area contributed by atoms with Gasteiger partial charge in [0.15, 0.2) is 0 Å². The summed E-state index contributed by atoms with van der Waals surface area (Å²) in [6.45, 7) is 1.92. The van der Waals surface area contributed by atoms with Crippen LogP contribution in [0.3, 0.4) is 0 Å². The van der Waals surface area contributed by atoms with Crippen molar-refractivity contribution in [3.63, 3.8) is 0 Å². The fraction of sp³-hybridized carbons (Fsp3) is 1.00. The van der Waals surface area contributed by atoms with Crippen LogP contribution < -0.4 is 0 Å². The molecule has 2 atom stereocenters. The predicted octanol–water partition coefficient (Wildman–Crippen LogP) is 4.96. The van der Waals surface area contributed by atoms with Crippen molar-refractivity contribution in [1.29, 1.82) is 0 Å². The Morgan fingerprint density at radius 2 is 0.870 bits per heavy atom. The maximum atomic E-state index is 9.51. The minimum atomic E-state index is -0.971. The second kappa shape index (κ2) is 18.2. The van der Waals surface area contributed by atoms with Gasteiger partial charge in [-0.25, -0.2) is 0 Å². The molecule has 0 amide bonds. The van der Waals surface area contributed by atoms with Gasteiger partial charge in [0.2, 0.25) is 0 Å². The molecule has 0 aromatic rings. The van der Waals surface area contributed by atoms with Gasteiger partial charge in [-0.2, -0.15) is 0 Å². The van der Waals surface area contributed by atoms with Gasteiger partial charge in [0.25, 0.3) is 0 Å². The molecule has 140 valence electrons. The summed E-state index contributed by atoms with van der Waals surface area (Å²) in [6.07, 6.45) is 18.8. The highest BCUT2D eigenvalue weighted by atomic mass is 16.4. The van der Waals surface area contributed by atoms with Crippen LogP contribution in [0.1, 0.15) is 110 Å². The Labute approximate surface area is 144 Å².